The first-order chi connectivity index (χ1) is 8.61. The van der Waals surface area contributed by atoms with Gasteiger partial charge in [0.1, 0.15) is 5.82 Å². The second-order valence-electron chi connectivity index (χ2n) is 3.74. The molecule has 1 heterocycles. The predicted molar refractivity (Wildman–Crippen MR) is 63.3 cm³/mol. The van der Waals surface area contributed by atoms with Gasteiger partial charge >= 0.3 is 0 Å². The lowest BCUT2D eigenvalue weighted by Crippen LogP contribution is -2.01. The molecule has 0 fully saturated rings. The lowest BCUT2D eigenvalue weighted by Gasteiger charge is -2.07. The van der Waals surface area contributed by atoms with Gasteiger partial charge in [-0.25, -0.2) is 9.37 Å². The third-order valence-corrected chi connectivity index (χ3v) is 2.43. The Balaban J connectivity index is 2.50. The average molecular weight is 250 g/mol. The molecule has 2 rings (SSSR count). The summed E-state index contributed by atoms with van der Waals surface area (Å²) in [7, 11) is 0. The fourth-order valence-corrected chi connectivity index (χ4v) is 1.55. The van der Waals surface area contributed by atoms with Crippen LogP contribution in [0.3, 0.4) is 0 Å². The number of benzene rings is 1. The number of hydrogen-bond donors (Lipinski definition) is 0. The smallest absolute Gasteiger partial charge is 0.254 e. The van der Waals surface area contributed by atoms with Gasteiger partial charge in [0.25, 0.3) is 5.88 Å². The van der Waals surface area contributed by atoms with Crippen LogP contribution in [0.2, 0.25) is 0 Å². The van der Waals surface area contributed by atoms with Gasteiger partial charge in [0.2, 0.25) is 5.82 Å². The minimum absolute atomic E-state index is 0.119. The molecule has 0 radical (unpaired) electrons. The Labute approximate surface area is 103 Å². The van der Waals surface area contributed by atoms with Crippen molar-refractivity contribution in [3.05, 3.63) is 41.6 Å². The fraction of sp³-hybridized carbons (Fsp3) is 0.231. The molecule has 0 aliphatic rings. The van der Waals surface area contributed by atoms with E-state index < -0.39 is 5.82 Å². The molecule has 2 aromatic rings. The molecule has 0 amide bonds. The lowest BCUT2D eigenvalue weighted by atomic mass is 10.1. The fourth-order valence-electron chi connectivity index (χ4n) is 1.55. The topological polar surface area (TPSA) is 35.0 Å². The SMILES string of the molecule is CCOc1nc(-c2cc(F)ccc2C)ncc1F. The van der Waals surface area contributed by atoms with Crippen LogP contribution >= 0.6 is 0 Å². The maximum absolute atomic E-state index is 13.3. The van der Waals surface area contributed by atoms with E-state index in [0.717, 1.165) is 11.8 Å². The summed E-state index contributed by atoms with van der Waals surface area (Å²) >= 11 is 0. The van der Waals surface area contributed by atoms with Gasteiger partial charge in [0.05, 0.1) is 12.8 Å². The summed E-state index contributed by atoms with van der Waals surface area (Å²) in [5, 5.41) is 0. The van der Waals surface area contributed by atoms with Crippen molar-refractivity contribution in [3.63, 3.8) is 0 Å². The van der Waals surface area contributed by atoms with Crippen LogP contribution in [0.15, 0.2) is 24.4 Å². The molecule has 18 heavy (non-hydrogen) atoms. The Bertz CT molecular complexity index is 573. The van der Waals surface area contributed by atoms with E-state index >= 15 is 0 Å². The van der Waals surface area contributed by atoms with Gasteiger partial charge in [0.15, 0.2) is 5.82 Å². The van der Waals surface area contributed by atoms with Gasteiger partial charge in [0, 0.05) is 5.56 Å². The Morgan fingerprint density at radius 3 is 2.78 bits per heavy atom. The number of hydrogen-bond acceptors (Lipinski definition) is 3. The van der Waals surface area contributed by atoms with Crippen molar-refractivity contribution in [1.82, 2.24) is 9.97 Å². The van der Waals surface area contributed by atoms with E-state index in [-0.39, 0.29) is 17.5 Å². The largest absolute Gasteiger partial charge is 0.476 e. The van der Waals surface area contributed by atoms with E-state index in [1.54, 1.807) is 13.0 Å². The molecule has 94 valence electrons. The highest BCUT2D eigenvalue weighted by molar-refractivity contribution is 5.60. The van der Waals surface area contributed by atoms with Crippen LogP contribution < -0.4 is 4.74 Å². The molecular formula is C13H12F2N2O. The molecule has 1 aromatic heterocycles. The lowest BCUT2D eigenvalue weighted by molar-refractivity contribution is 0.306. The van der Waals surface area contributed by atoms with Crippen LogP contribution in [0, 0.1) is 18.6 Å². The molecule has 5 heteroatoms. The van der Waals surface area contributed by atoms with Crippen LogP contribution in [0.25, 0.3) is 11.4 Å². The molecular weight excluding hydrogens is 238 g/mol. The molecule has 3 nitrogen and oxygen atoms in total. The number of ether oxygens (including phenoxy) is 1. The number of aryl methyl sites for hydroxylation is 1. The Morgan fingerprint density at radius 2 is 2.06 bits per heavy atom. The molecule has 0 aliphatic carbocycles. The molecule has 1 aromatic carbocycles. The Morgan fingerprint density at radius 1 is 1.28 bits per heavy atom. The van der Waals surface area contributed by atoms with Crippen LogP contribution in [0.5, 0.6) is 5.88 Å². The molecule has 0 unspecified atom stereocenters. The van der Waals surface area contributed by atoms with E-state index in [1.807, 2.05) is 6.92 Å². The van der Waals surface area contributed by atoms with Gasteiger partial charge in [-0.3, -0.25) is 0 Å². The number of halogens is 2. The quantitative estimate of drug-likeness (QED) is 0.839. The van der Waals surface area contributed by atoms with E-state index in [4.69, 9.17) is 4.74 Å². The molecule has 0 bridgehead atoms. The molecule has 0 spiro atoms. The summed E-state index contributed by atoms with van der Waals surface area (Å²) in [6, 6.07) is 4.29. The summed E-state index contributed by atoms with van der Waals surface area (Å²) in [5.74, 6) is -0.890. The molecule has 0 atom stereocenters. The van der Waals surface area contributed by atoms with Crippen LogP contribution in [-0.4, -0.2) is 16.6 Å². The maximum Gasteiger partial charge on any atom is 0.254 e. The monoisotopic (exact) mass is 250 g/mol. The second-order valence-corrected chi connectivity index (χ2v) is 3.74. The second kappa shape index (κ2) is 5.08. The zero-order valence-corrected chi connectivity index (χ0v) is 10.1. The summed E-state index contributed by atoms with van der Waals surface area (Å²) in [4.78, 5) is 7.82. The van der Waals surface area contributed by atoms with Crippen LogP contribution in [0.4, 0.5) is 8.78 Å². The number of aromatic nitrogens is 2. The summed E-state index contributed by atoms with van der Waals surface area (Å²) in [6.45, 7) is 3.84. The van der Waals surface area contributed by atoms with Gasteiger partial charge < -0.3 is 4.74 Å². The van der Waals surface area contributed by atoms with E-state index in [2.05, 4.69) is 9.97 Å². The van der Waals surface area contributed by atoms with Crippen molar-refractivity contribution in [1.29, 1.82) is 0 Å². The Kier molecular flexibility index (Phi) is 3.50. The van der Waals surface area contributed by atoms with E-state index in [9.17, 15) is 8.78 Å². The van der Waals surface area contributed by atoms with Gasteiger partial charge in [-0.05, 0) is 31.5 Å². The van der Waals surface area contributed by atoms with Gasteiger partial charge in [-0.1, -0.05) is 6.07 Å². The summed E-state index contributed by atoms with van der Waals surface area (Å²) < 4.78 is 31.6. The van der Waals surface area contributed by atoms with Gasteiger partial charge in [-0.15, -0.1) is 0 Å². The molecule has 0 saturated heterocycles. The van der Waals surface area contributed by atoms with Crippen molar-refractivity contribution in [2.24, 2.45) is 0 Å². The van der Waals surface area contributed by atoms with Crippen molar-refractivity contribution >= 4 is 0 Å². The highest BCUT2D eigenvalue weighted by atomic mass is 19.1. The highest BCUT2D eigenvalue weighted by Crippen LogP contribution is 2.23. The highest BCUT2D eigenvalue weighted by Gasteiger charge is 2.11. The third-order valence-electron chi connectivity index (χ3n) is 2.43. The minimum Gasteiger partial charge on any atom is -0.476 e. The average Bonchev–Trinajstić information content (AvgIpc) is 2.35. The Hall–Kier alpha value is -2.04. The van der Waals surface area contributed by atoms with Crippen LogP contribution in [-0.2, 0) is 0 Å². The van der Waals surface area contributed by atoms with Crippen molar-refractivity contribution in [3.8, 4) is 17.3 Å². The molecule has 0 saturated carbocycles. The first kappa shape index (κ1) is 12.4. The first-order valence-corrected chi connectivity index (χ1v) is 5.53. The third kappa shape index (κ3) is 2.45. The summed E-state index contributed by atoms with van der Waals surface area (Å²) in [6.07, 6.45) is 1.03. The molecule has 0 aliphatic heterocycles. The zero-order chi connectivity index (χ0) is 13.1. The summed E-state index contributed by atoms with van der Waals surface area (Å²) in [5.41, 5.74) is 1.33. The number of rotatable bonds is 3. The number of nitrogens with zero attached hydrogens (tertiary/aromatic N) is 2. The molecule has 0 N–H and O–H groups in total. The predicted octanol–water partition coefficient (Wildman–Crippen LogP) is 3.13. The van der Waals surface area contributed by atoms with Crippen molar-refractivity contribution in [2.45, 2.75) is 13.8 Å². The standard InChI is InChI=1S/C13H12F2N2O/c1-3-18-13-11(15)7-16-12(17-13)10-6-9(14)5-4-8(10)2/h4-7H,3H2,1-2H3. The maximum atomic E-state index is 13.3. The van der Waals surface area contributed by atoms with Crippen molar-refractivity contribution < 1.29 is 13.5 Å². The van der Waals surface area contributed by atoms with Crippen LogP contribution in [0.1, 0.15) is 12.5 Å². The van der Waals surface area contributed by atoms with Crippen molar-refractivity contribution in [2.75, 3.05) is 6.61 Å². The normalized spacial score (nSPS) is 10.4. The zero-order valence-electron chi connectivity index (χ0n) is 10.1. The first-order valence-electron chi connectivity index (χ1n) is 5.53. The van der Waals surface area contributed by atoms with E-state index in [0.29, 0.717) is 12.2 Å². The van der Waals surface area contributed by atoms with Gasteiger partial charge in [-0.2, -0.15) is 9.37 Å². The van der Waals surface area contributed by atoms with E-state index in [1.165, 1.54) is 12.1 Å². The minimum atomic E-state index is -0.630.